The third kappa shape index (κ3) is 2.14. The average Bonchev–Trinajstić information content (AvgIpc) is 2.16. The quantitative estimate of drug-likeness (QED) is 0.745. The Labute approximate surface area is 81.6 Å². The number of hydrogen-bond donors (Lipinski definition) is 1. The van der Waals surface area contributed by atoms with Gasteiger partial charge < -0.3 is 5.11 Å². The van der Waals surface area contributed by atoms with Crippen LogP contribution in [0, 0.1) is 11.7 Å². The number of aliphatic hydroxyl groups is 1. The zero-order valence-electron chi connectivity index (χ0n) is 8.07. The number of rotatable bonds is 3. The molecule has 0 saturated heterocycles. The lowest BCUT2D eigenvalue weighted by Crippen LogP contribution is -2.26. The van der Waals surface area contributed by atoms with E-state index in [1.807, 2.05) is 0 Å². The largest absolute Gasteiger partial charge is 0.385 e. The van der Waals surface area contributed by atoms with Crippen molar-refractivity contribution in [2.45, 2.75) is 20.0 Å². The summed E-state index contributed by atoms with van der Waals surface area (Å²) in [6.45, 7) is 3.39. The van der Waals surface area contributed by atoms with Crippen LogP contribution in [0.4, 0.5) is 4.39 Å². The number of ketones is 1. The molecule has 0 fully saturated rings. The fraction of sp³-hybridized carbons (Fsp3) is 0.400. The minimum absolute atomic E-state index is 0.110. The van der Waals surface area contributed by atoms with Crippen molar-refractivity contribution in [3.63, 3.8) is 0 Å². The van der Waals surface area contributed by atoms with Gasteiger partial charge in [-0.1, -0.05) is 13.8 Å². The van der Waals surface area contributed by atoms with Gasteiger partial charge in [-0.05, 0) is 12.0 Å². The second-order valence-corrected chi connectivity index (χ2v) is 3.41. The molecule has 0 aliphatic carbocycles. The number of pyridine rings is 1. The molecular weight excluding hydrogens is 185 g/mol. The van der Waals surface area contributed by atoms with Gasteiger partial charge in [-0.2, -0.15) is 0 Å². The Balaban J connectivity index is 2.95. The molecule has 4 heteroatoms. The first-order valence-electron chi connectivity index (χ1n) is 4.36. The third-order valence-electron chi connectivity index (χ3n) is 1.94. The molecule has 76 valence electrons. The van der Waals surface area contributed by atoms with Crippen LogP contribution in [0.25, 0.3) is 0 Å². The van der Waals surface area contributed by atoms with Crippen LogP contribution in [0.2, 0.25) is 0 Å². The van der Waals surface area contributed by atoms with E-state index in [1.54, 1.807) is 13.8 Å². The molecule has 0 aliphatic rings. The van der Waals surface area contributed by atoms with Crippen LogP contribution in [-0.2, 0) is 0 Å². The maximum Gasteiger partial charge on any atom is 0.194 e. The van der Waals surface area contributed by atoms with Crippen molar-refractivity contribution in [3.05, 3.63) is 29.8 Å². The number of hydrogen-bond acceptors (Lipinski definition) is 3. The summed E-state index contributed by atoms with van der Waals surface area (Å²) in [5.74, 6) is -1.52. The second-order valence-electron chi connectivity index (χ2n) is 3.41. The van der Waals surface area contributed by atoms with E-state index < -0.39 is 17.7 Å². The van der Waals surface area contributed by atoms with Gasteiger partial charge in [-0.3, -0.25) is 9.78 Å². The van der Waals surface area contributed by atoms with Crippen molar-refractivity contribution in [3.8, 4) is 0 Å². The van der Waals surface area contributed by atoms with Crippen molar-refractivity contribution in [1.82, 2.24) is 4.98 Å². The summed E-state index contributed by atoms with van der Waals surface area (Å²) in [6.07, 6.45) is 1.12. The molecule has 14 heavy (non-hydrogen) atoms. The minimum Gasteiger partial charge on any atom is -0.385 e. The highest BCUT2D eigenvalue weighted by atomic mass is 19.1. The number of carbonyl (C=O) groups is 1. The molecule has 1 N–H and O–H groups in total. The van der Waals surface area contributed by atoms with Crippen molar-refractivity contribution in [2.75, 3.05) is 0 Å². The zero-order chi connectivity index (χ0) is 10.7. The van der Waals surface area contributed by atoms with Gasteiger partial charge in [0.15, 0.2) is 11.6 Å². The van der Waals surface area contributed by atoms with Crippen LogP contribution in [-0.4, -0.2) is 22.0 Å². The van der Waals surface area contributed by atoms with Gasteiger partial charge in [0, 0.05) is 6.20 Å². The summed E-state index contributed by atoms with van der Waals surface area (Å²) < 4.78 is 13.1. The van der Waals surface area contributed by atoms with E-state index in [0.29, 0.717) is 0 Å². The smallest absolute Gasteiger partial charge is 0.194 e. The molecule has 0 aromatic carbocycles. The van der Waals surface area contributed by atoms with Crippen LogP contribution in [0.3, 0.4) is 0 Å². The Kier molecular flexibility index (Phi) is 3.30. The van der Waals surface area contributed by atoms with Gasteiger partial charge in [0.25, 0.3) is 0 Å². The third-order valence-corrected chi connectivity index (χ3v) is 1.94. The monoisotopic (exact) mass is 197 g/mol. The molecule has 0 bridgehead atoms. The average molecular weight is 197 g/mol. The number of Topliss-reactive ketones (excluding diaryl/α,β-unsaturated/α-hetero) is 1. The summed E-state index contributed by atoms with van der Waals surface area (Å²) >= 11 is 0. The van der Waals surface area contributed by atoms with E-state index in [9.17, 15) is 14.3 Å². The van der Waals surface area contributed by atoms with E-state index in [0.717, 1.165) is 6.20 Å². The van der Waals surface area contributed by atoms with Crippen LogP contribution in [0.1, 0.15) is 24.2 Å². The fourth-order valence-electron chi connectivity index (χ4n) is 1.04. The van der Waals surface area contributed by atoms with E-state index in [4.69, 9.17) is 0 Å². The molecule has 1 rings (SSSR count). The van der Waals surface area contributed by atoms with Gasteiger partial charge in [-0.15, -0.1) is 0 Å². The molecule has 3 nitrogen and oxygen atoms in total. The summed E-state index contributed by atoms with van der Waals surface area (Å²) in [6, 6.07) is 1.27. The molecule has 0 radical (unpaired) electrons. The number of carbonyl (C=O) groups excluding carboxylic acids is 1. The van der Waals surface area contributed by atoms with Crippen molar-refractivity contribution in [1.29, 1.82) is 0 Å². The summed E-state index contributed by atoms with van der Waals surface area (Å²) in [5, 5.41) is 9.44. The Hall–Kier alpha value is -1.29. The number of halogens is 1. The van der Waals surface area contributed by atoms with Gasteiger partial charge in [-0.25, -0.2) is 4.39 Å². The lowest BCUT2D eigenvalue weighted by atomic mass is 9.98. The zero-order valence-corrected chi connectivity index (χ0v) is 8.07. The Morgan fingerprint density at radius 3 is 2.71 bits per heavy atom. The fourth-order valence-corrected chi connectivity index (χ4v) is 1.04. The predicted octanol–water partition coefficient (Wildman–Crippen LogP) is 1.42. The minimum atomic E-state index is -1.16. The highest BCUT2D eigenvalue weighted by Crippen LogP contribution is 2.12. The van der Waals surface area contributed by atoms with Crippen LogP contribution < -0.4 is 0 Å². The number of aliphatic hydroxyl groups excluding tert-OH is 1. The molecule has 1 unspecified atom stereocenters. The van der Waals surface area contributed by atoms with Crippen molar-refractivity contribution < 1.29 is 14.3 Å². The van der Waals surface area contributed by atoms with E-state index in [1.165, 1.54) is 12.3 Å². The normalized spacial score (nSPS) is 12.9. The van der Waals surface area contributed by atoms with E-state index in [2.05, 4.69) is 4.98 Å². The summed E-state index contributed by atoms with van der Waals surface area (Å²) in [5.41, 5.74) is -0.110. The molecule has 1 atom stereocenters. The molecule has 0 aliphatic heterocycles. The molecule has 0 amide bonds. The maximum atomic E-state index is 13.1. The van der Waals surface area contributed by atoms with Gasteiger partial charge in [0.2, 0.25) is 0 Å². The highest BCUT2D eigenvalue weighted by molar-refractivity contribution is 5.99. The van der Waals surface area contributed by atoms with Gasteiger partial charge >= 0.3 is 0 Å². The highest BCUT2D eigenvalue weighted by Gasteiger charge is 2.22. The summed E-state index contributed by atoms with van der Waals surface area (Å²) in [4.78, 5) is 15.0. The SMILES string of the molecule is CC(C)C(O)C(=O)c1ccncc1F. The lowest BCUT2D eigenvalue weighted by molar-refractivity contribution is 0.0643. The second kappa shape index (κ2) is 4.28. The van der Waals surface area contributed by atoms with Crippen molar-refractivity contribution >= 4 is 5.78 Å². The van der Waals surface area contributed by atoms with Gasteiger partial charge in [0.1, 0.15) is 6.10 Å². The van der Waals surface area contributed by atoms with Crippen LogP contribution in [0.5, 0.6) is 0 Å². The van der Waals surface area contributed by atoms with Crippen LogP contribution in [0.15, 0.2) is 18.5 Å². The first-order chi connectivity index (χ1) is 6.54. The molecule has 0 saturated carbocycles. The summed E-state index contributed by atoms with van der Waals surface area (Å²) in [7, 11) is 0. The first kappa shape index (κ1) is 10.8. The Morgan fingerprint density at radius 2 is 2.21 bits per heavy atom. The molecule has 1 aromatic heterocycles. The number of aromatic nitrogens is 1. The van der Waals surface area contributed by atoms with Gasteiger partial charge in [0.05, 0.1) is 11.8 Å². The molecule has 0 spiro atoms. The Morgan fingerprint density at radius 1 is 1.57 bits per heavy atom. The molecule has 1 heterocycles. The van der Waals surface area contributed by atoms with E-state index >= 15 is 0 Å². The van der Waals surface area contributed by atoms with Crippen LogP contribution >= 0.6 is 0 Å². The lowest BCUT2D eigenvalue weighted by Gasteiger charge is -2.12. The topological polar surface area (TPSA) is 50.2 Å². The standard InChI is InChI=1S/C10H12FNO2/c1-6(2)9(13)10(14)7-3-4-12-5-8(7)11/h3-6,9,13H,1-2H3. The molecular formula is C10H12FNO2. The Bertz CT molecular complexity index is 339. The number of nitrogens with zero attached hydrogens (tertiary/aromatic N) is 1. The predicted molar refractivity (Wildman–Crippen MR) is 49.4 cm³/mol. The molecule has 1 aromatic rings. The maximum absolute atomic E-state index is 13.1. The van der Waals surface area contributed by atoms with Crippen molar-refractivity contribution in [2.24, 2.45) is 5.92 Å². The van der Waals surface area contributed by atoms with E-state index in [-0.39, 0.29) is 11.5 Å². The first-order valence-corrected chi connectivity index (χ1v) is 4.36.